The van der Waals surface area contributed by atoms with Crippen LogP contribution >= 0.6 is 11.6 Å². The van der Waals surface area contributed by atoms with E-state index in [4.69, 9.17) is 21.1 Å². The fraction of sp³-hybridized carbons (Fsp3) is 0.200. The summed E-state index contributed by atoms with van der Waals surface area (Å²) in [6, 6.07) is 22.2. The molecule has 4 nitrogen and oxygen atoms in total. The van der Waals surface area contributed by atoms with Crippen molar-refractivity contribution in [3.05, 3.63) is 94.1 Å². The van der Waals surface area contributed by atoms with Crippen LogP contribution in [0.4, 0.5) is 0 Å². The molecule has 1 aromatic heterocycles. The van der Waals surface area contributed by atoms with E-state index in [0.29, 0.717) is 11.6 Å². The zero-order valence-electron chi connectivity index (χ0n) is 16.7. The second kappa shape index (κ2) is 8.05. The van der Waals surface area contributed by atoms with Gasteiger partial charge < -0.3 is 19.8 Å². The summed E-state index contributed by atoms with van der Waals surface area (Å²) < 4.78 is 11.7. The van der Waals surface area contributed by atoms with E-state index in [1.165, 1.54) is 10.9 Å². The molecule has 0 aliphatic carbocycles. The minimum atomic E-state index is 0.00323. The molecule has 0 fully saturated rings. The number of H-pyrrole nitrogens is 1. The Balaban J connectivity index is 1.50. The van der Waals surface area contributed by atoms with Gasteiger partial charge in [0.15, 0.2) is 0 Å². The van der Waals surface area contributed by atoms with Crippen molar-refractivity contribution in [1.29, 1.82) is 0 Å². The van der Waals surface area contributed by atoms with Crippen LogP contribution in [0.1, 0.15) is 28.4 Å². The van der Waals surface area contributed by atoms with Gasteiger partial charge in [-0.25, -0.2) is 0 Å². The molecule has 1 atom stereocenters. The van der Waals surface area contributed by atoms with Crippen molar-refractivity contribution in [2.24, 2.45) is 0 Å². The van der Waals surface area contributed by atoms with Gasteiger partial charge in [0.1, 0.15) is 18.1 Å². The molecular formula is C25H23ClN2O2. The molecule has 1 aliphatic heterocycles. The molecule has 5 rings (SSSR count). The number of fused-ring (bicyclic) bond motifs is 3. The van der Waals surface area contributed by atoms with Crippen LogP contribution in [-0.2, 0) is 13.0 Å². The lowest BCUT2D eigenvalue weighted by Crippen LogP contribution is -2.30. The Kier molecular flexibility index (Phi) is 5.11. The van der Waals surface area contributed by atoms with Gasteiger partial charge >= 0.3 is 0 Å². The van der Waals surface area contributed by atoms with Gasteiger partial charge in [0.05, 0.1) is 13.2 Å². The quantitative estimate of drug-likeness (QED) is 0.440. The lowest BCUT2D eigenvalue weighted by molar-refractivity contribution is 0.306. The maximum atomic E-state index is 6.29. The van der Waals surface area contributed by atoms with Crippen molar-refractivity contribution in [3.8, 4) is 11.5 Å². The van der Waals surface area contributed by atoms with Crippen molar-refractivity contribution < 1.29 is 9.47 Å². The zero-order valence-corrected chi connectivity index (χ0v) is 17.5. The smallest absolute Gasteiger partial charge is 0.124 e. The number of hydrogen-bond acceptors (Lipinski definition) is 3. The summed E-state index contributed by atoms with van der Waals surface area (Å²) in [6.45, 7) is 1.44. The highest BCUT2D eigenvalue weighted by atomic mass is 35.5. The average Bonchev–Trinajstić information content (AvgIpc) is 3.16. The number of methoxy groups -OCH3 is 1. The van der Waals surface area contributed by atoms with E-state index in [2.05, 4.69) is 34.6 Å². The number of nitrogens with one attached hydrogen (secondary N) is 2. The lowest BCUT2D eigenvalue weighted by atomic mass is 9.94. The molecule has 3 aromatic carbocycles. The van der Waals surface area contributed by atoms with Gasteiger partial charge in [-0.1, -0.05) is 41.9 Å². The van der Waals surface area contributed by atoms with Gasteiger partial charge in [-0.05, 0) is 53.9 Å². The fourth-order valence-corrected chi connectivity index (χ4v) is 4.41. The molecular weight excluding hydrogens is 396 g/mol. The number of rotatable bonds is 5. The molecule has 152 valence electrons. The molecule has 0 amide bonds. The van der Waals surface area contributed by atoms with Crippen LogP contribution in [0.2, 0.25) is 5.02 Å². The first-order valence-electron chi connectivity index (χ1n) is 10.1. The van der Waals surface area contributed by atoms with Crippen LogP contribution in [0.25, 0.3) is 10.9 Å². The molecule has 2 heterocycles. The van der Waals surface area contributed by atoms with Gasteiger partial charge in [-0.3, -0.25) is 0 Å². The summed E-state index contributed by atoms with van der Waals surface area (Å²) >= 11 is 6.29. The monoisotopic (exact) mass is 418 g/mol. The van der Waals surface area contributed by atoms with Crippen LogP contribution < -0.4 is 14.8 Å². The van der Waals surface area contributed by atoms with Crippen molar-refractivity contribution in [3.63, 3.8) is 0 Å². The van der Waals surface area contributed by atoms with Gasteiger partial charge in [0, 0.05) is 33.7 Å². The van der Waals surface area contributed by atoms with E-state index < -0.39 is 0 Å². The largest absolute Gasteiger partial charge is 0.496 e. The molecule has 1 aliphatic rings. The molecule has 0 saturated carbocycles. The topological polar surface area (TPSA) is 46.3 Å². The molecule has 1 unspecified atom stereocenters. The Hall–Kier alpha value is -2.95. The molecule has 5 heteroatoms. The summed E-state index contributed by atoms with van der Waals surface area (Å²) in [5.74, 6) is 1.71. The Bertz CT molecular complexity index is 1190. The van der Waals surface area contributed by atoms with Crippen molar-refractivity contribution >= 4 is 22.5 Å². The number of hydrogen-bond donors (Lipinski definition) is 2. The van der Waals surface area contributed by atoms with E-state index in [1.807, 2.05) is 42.5 Å². The van der Waals surface area contributed by atoms with E-state index in [9.17, 15) is 0 Å². The maximum absolute atomic E-state index is 6.29. The Morgan fingerprint density at radius 1 is 1.03 bits per heavy atom. The summed E-state index contributed by atoms with van der Waals surface area (Å²) in [5, 5.41) is 5.53. The Labute approximate surface area is 180 Å². The summed E-state index contributed by atoms with van der Waals surface area (Å²) in [6.07, 6.45) is 0.955. The van der Waals surface area contributed by atoms with Crippen LogP contribution in [0.5, 0.6) is 11.5 Å². The van der Waals surface area contributed by atoms with Gasteiger partial charge in [-0.2, -0.15) is 0 Å². The van der Waals surface area contributed by atoms with Crippen LogP contribution in [0.15, 0.2) is 66.7 Å². The highest BCUT2D eigenvalue weighted by Crippen LogP contribution is 2.38. The van der Waals surface area contributed by atoms with E-state index in [1.54, 1.807) is 7.11 Å². The minimum Gasteiger partial charge on any atom is -0.496 e. The molecule has 0 bridgehead atoms. The predicted molar refractivity (Wildman–Crippen MR) is 121 cm³/mol. The standard InChI is InChI=1S/C25H23ClN2O2/c1-29-23-10-7-17(26)13-21(23)24-25-19(11-12-27-24)20-14-18(8-9-22(20)28-25)30-15-16-5-3-2-4-6-16/h2-10,13-14,24,27-28H,11-12,15H2,1H3. The first kappa shape index (κ1) is 19.0. The van der Waals surface area contributed by atoms with Crippen LogP contribution in [0.3, 0.4) is 0 Å². The van der Waals surface area contributed by atoms with Crippen molar-refractivity contribution in [2.45, 2.75) is 19.1 Å². The third kappa shape index (κ3) is 3.53. The molecule has 0 spiro atoms. The van der Waals surface area contributed by atoms with E-state index in [-0.39, 0.29) is 6.04 Å². The highest BCUT2D eigenvalue weighted by molar-refractivity contribution is 6.30. The maximum Gasteiger partial charge on any atom is 0.124 e. The zero-order chi connectivity index (χ0) is 20.5. The van der Waals surface area contributed by atoms with E-state index >= 15 is 0 Å². The SMILES string of the molecule is COc1ccc(Cl)cc1C1NCCc2c1[nH]c1ccc(OCc3ccccc3)cc21. The molecule has 4 aromatic rings. The van der Waals surface area contributed by atoms with E-state index in [0.717, 1.165) is 46.8 Å². The Morgan fingerprint density at radius 3 is 2.73 bits per heavy atom. The summed E-state index contributed by atoms with van der Waals surface area (Å²) in [4.78, 5) is 3.62. The first-order chi connectivity index (χ1) is 14.7. The van der Waals surface area contributed by atoms with Gasteiger partial charge in [0.25, 0.3) is 0 Å². The fourth-order valence-electron chi connectivity index (χ4n) is 4.23. The number of aromatic amines is 1. The second-order valence-electron chi connectivity index (χ2n) is 7.52. The third-order valence-corrected chi connectivity index (χ3v) is 5.91. The summed E-state index contributed by atoms with van der Waals surface area (Å²) in [5.41, 5.74) is 5.80. The average molecular weight is 419 g/mol. The van der Waals surface area contributed by atoms with Crippen LogP contribution in [-0.4, -0.2) is 18.6 Å². The minimum absolute atomic E-state index is 0.00323. The molecule has 30 heavy (non-hydrogen) atoms. The number of halogens is 1. The lowest BCUT2D eigenvalue weighted by Gasteiger charge is -2.26. The first-order valence-corrected chi connectivity index (χ1v) is 10.5. The van der Waals surface area contributed by atoms with Gasteiger partial charge in [-0.15, -0.1) is 0 Å². The molecule has 0 radical (unpaired) electrons. The van der Waals surface area contributed by atoms with Crippen LogP contribution in [0, 0.1) is 0 Å². The molecule has 2 N–H and O–H groups in total. The Morgan fingerprint density at radius 2 is 1.90 bits per heavy atom. The normalized spacial score (nSPS) is 15.7. The highest BCUT2D eigenvalue weighted by Gasteiger charge is 2.27. The number of ether oxygens (including phenoxy) is 2. The predicted octanol–water partition coefficient (Wildman–Crippen LogP) is 5.64. The van der Waals surface area contributed by atoms with Gasteiger partial charge in [0.2, 0.25) is 0 Å². The van der Waals surface area contributed by atoms with Crippen molar-refractivity contribution in [1.82, 2.24) is 10.3 Å². The number of aromatic nitrogens is 1. The second-order valence-corrected chi connectivity index (χ2v) is 7.96. The molecule has 0 saturated heterocycles. The third-order valence-electron chi connectivity index (χ3n) is 5.67. The number of benzene rings is 3. The summed E-state index contributed by atoms with van der Waals surface area (Å²) in [7, 11) is 1.69. The van der Waals surface area contributed by atoms with Crippen molar-refractivity contribution in [2.75, 3.05) is 13.7 Å².